The Balaban J connectivity index is 1.37. The summed E-state index contributed by atoms with van der Waals surface area (Å²) in [5.74, 6) is -2.56. The summed E-state index contributed by atoms with van der Waals surface area (Å²) in [5, 5.41) is 16.8. The quantitative estimate of drug-likeness (QED) is 0.355. The molecule has 0 radical (unpaired) electrons. The van der Waals surface area contributed by atoms with Crippen molar-refractivity contribution >= 4 is 23.4 Å². The van der Waals surface area contributed by atoms with Crippen LogP contribution in [-0.4, -0.2) is 57.6 Å². The van der Waals surface area contributed by atoms with E-state index in [-0.39, 0.29) is 24.3 Å². The van der Waals surface area contributed by atoms with Crippen LogP contribution >= 0.6 is 0 Å². The predicted octanol–water partition coefficient (Wildman–Crippen LogP) is 3.93. The van der Waals surface area contributed by atoms with Crippen molar-refractivity contribution in [2.75, 3.05) is 11.9 Å². The number of ether oxygens (including phenoxy) is 1. The molecule has 3 N–H and O–H groups in total. The van der Waals surface area contributed by atoms with Gasteiger partial charge in [-0.3, -0.25) is 14.4 Å². The van der Waals surface area contributed by atoms with Gasteiger partial charge in [-0.25, -0.2) is 0 Å². The largest absolute Gasteiger partial charge is 0.394 e. The lowest BCUT2D eigenvalue weighted by atomic mass is 9.66. The van der Waals surface area contributed by atoms with Gasteiger partial charge in [0.1, 0.15) is 11.6 Å². The first-order chi connectivity index (χ1) is 20.7. The Morgan fingerprint density at radius 3 is 2.33 bits per heavy atom. The number of hydrogen-bond donors (Lipinski definition) is 3. The van der Waals surface area contributed by atoms with Gasteiger partial charge in [-0.2, -0.15) is 0 Å². The van der Waals surface area contributed by atoms with E-state index in [0.717, 1.165) is 22.3 Å². The summed E-state index contributed by atoms with van der Waals surface area (Å²) in [6, 6.07) is 23.4. The fraction of sp³-hybridized carbons (Fsp3) is 0.400. The zero-order chi connectivity index (χ0) is 30.4. The number of aliphatic hydroxyl groups is 1. The second-order valence-electron chi connectivity index (χ2n) is 12.5. The summed E-state index contributed by atoms with van der Waals surface area (Å²) in [6.07, 6.45) is 1.37. The molecular weight excluding hydrogens is 542 g/mol. The molecule has 0 aromatic heterocycles. The molecule has 2 bridgehead atoms. The van der Waals surface area contributed by atoms with Crippen molar-refractivity contribution in [3.63, 3.8) is 0 Å². The minimum Gasteiger partial charge on any atom is -0.394 e. The molecule has 3 aromatic rings. The van der Waals surface area contributed by atoms with E-state index in [9.17, 15) is 19.5 Å². The zero-order valence-electron chi connectivity index (χ0n) is 24.9. The number of carbonyl (C=O) groups is 3. The summed E-state index contributed by atoms with van der Waals surface area (Å²) >= 11 is 0. The van der Waals surface area contributed by atoms with Crippen LogP contribution in [0.25, 0.3) is 0 Å². The van der Waals surface area contributed by atoms with Gasteiger partial charge in [-0.1, -0.05) is 72.8 Å². The van der Waals surface area contributed by atoms with Crippen molar-refractivity contribution in [1.82, 2.24) is 10.2 Å². The zero-order valence-corrected chi connectivity index (χ0v) is 24.9. The maximum Gasteiger partial charge on any atom is 0.250 e. The highest BCUT2D eigenvalue weighted by molar-refractivity contribution is 6.04. The highest BCUT2D eigenvalue weighted by Crippen LogP contribution is 2.63. The van der Waals surface area contributed by atoms with Gasteiger partial charge >= 0.3 is 0 Å². The molecule has 6 atom stereocenters. The molecule has 1 spiro atoms. The average Bonchev–Trinajstić information content (AvgIpc) is 3.58. The third-order valence-corrected chi connectivity index (χ3v) is 9.62. The Morgan fingerprint density at radius 2 is 1.65 bits per heavy atom. The minimum atomic E-state index is -1.19. The predicted molar refractivity (Wildman–Crippen MR) is 163 cm³/mol. The molecule has 2 unspecified atom stereocenters. The van der Waals surface area contributed by atoms with E-state index in [4.69, 9.17) is 4.74 Å². The summed E-state index contributed by atoms with van der Waals surface area (Å²) in [5.41, 5.74) is 2.37. The molecule has 6 rings (SSSR count). The molecule has 0 aliphatic carbocycles. The normalized spacial score (nSPS) is 28.0. The highest BCUT2D eigenvalue weighted by Gasteiger charge is 2.78. The van der Waals surface area contributed by atoms with E-state index in [1.165, 1.54) is 4.90 Å². The van der Waals surface area contributed by atoms with Crippen LogP contribution in [0.2, 0.25) is 0 Å². The number of amides is 3. The first-order valence-corrected chi connectivity index (χ1v) is 15.0. The Hall–Kier alpha value is -4.01. The van der Waals surface area contributed by atoms with E-state index in [1.807, 2.05) is 99.6 Å². The monoisotopic (exact) mass is 581 g/mol. The average molecular weight is 582 g/mol. The molecule has 8 nitrogen and oxygen atoms in total. The summed E-state index contributed by atoms with van der Waals surface area (Å²) in [7, 11) is 0. The number of nitrogens with zero attached hydrogens (tertiary/aromatic N) is 1. The van der Waals surface area contributed by atoms with E-state index in [0.29, 0.717) is 31.5 Å². The van der Waals surface area contributed by atoms with Crippen molar-refractivity contribution in [2.45, 2.75) is 69.9 Å². The number of rotatable bonds is 9. The molecule has 3 fully saturated rings. The van der Waals surface area contributed by atoms with Crippen molar-refractivity contribution in [1.29, 1.82) is 0 Å². The maximum atomic E-state index is 14.6. The lowest BCUT2D eigenvalue weighted by molar-refractivity contribution is -0.148. The van der Waals surface area contributed by atoms with Crippen molar-refractivity contribution in [2.24, 2.45) is 11.8 Å². The van der Waals surface area contributed by atoms with E-state index in [1.54, 1.807) is 0 Å². The number of benzene rings is 3. The molecule has 3 aromatic carbocycles. The van der Waals surface area contributed by atoms with Gasteiger partial charge < -0.3 is 25.4 Å². The fourth-order valence-corrected chi connectivity index (χ4v) is 7.56. The van der Waals surface area contributed by atoms with E-state index < -0.39 is 35.1 Å². The van der Waals surface area contributed by atoms with Gasteiger partial charge in [0.15, 0.2) is 0 Å². The van der Waals surface area contributed by atoms with Gasteiger partial charge in [-0.05, 0) is 68.4 Å². The number of aryl methyl sites for hydroxylation is 2. The smallest absolute Gasteiger partial charge is 0.250 e. The Labute approximate surface area is 252 Å². The second-order valence-corrected chi connectivity index (χ2v) is 12.5. The summed E-state index contributed by atoms with van der Waals surface area (Å²) in [4.78, 5) is 44.3. The number of anilines is 1. The standard InChI is InChI=1S/C35H39N3O5/c1-22-14-15-23(2)27(18-22)37-32(41)30-35-17-16-34(3,43-35)28(31(40)36-20-25-12-8-5-9-13-25)29(35)33(42)38(30)26(21-39)19-24-10-6-4-7-11-24/h4-15,18,26,28-30,39H,16-17,19-21H2,1-3H3,(H,36,40)(H,37,41)/t26-,28-,29+,30?,34+,35?/m1/s1. The molecule has 3 amide bonds. The lowest BCUT2D eigenvalue weighted by Gasteiger charge is -2.37. The van der Waals surface area contributed by atoms with Crippen LogP contribution in [0, 0.1) is 25.7 Å². The summed E-state index contributed by atoms with van der Waals surface area (Å²) in [6.45, 7) is 5.76. The lowest BCUT2D eigenvalue weighted by Crippen LogP contribution is -2.57. The third-order valence-electron chi connectivity index (χ3n) is 9.62. The Bertz CT molecular complexity index is 1530. The van der Waals surface area contributed by atoms with Crippen LogP contribution in [0.4, 0.5) is 5.69 Å². The number of aliphatic hydroxyl groups excluding tert-OH is 1. The van der Waals surface area contributed by atoms with Crippen LogP contribution in [0.1, 0.15) is 42.0 Å². The molecule has 3 aliphatic heterocycles. The van der Waals surface area contributed by atoms with Crippen molar-refractivity contribution in [3.8, 4) is 0 Å². The van der Waals surface area contributed by atoms with Gasteiger partial charge in [0.2, 0.25) is 17.7 Å². The molecule has 8 heteroatoms. The van der Waals surface area contributed by atoms with Crippen molar-refractivity contribution < 1.29 is 24.2 Å². The number of nitrogens with one attached hydrogen (secondary N) is 2. The van der Waals surface area contributed by atoms with Crippen LogP contribution in [0.3, 0.4) is 0 Å². The molecular formula is C35H39N3O5. The van der Waals surface area contributed by atoms with Crippen LogP contribution in [0.5, 0.6) is 0 Å². The van der Waals surface area contributed by atoms with E-state index in [2.05, 4.69) is 10.6 Å². The van der Waals surface area contributed by atoms with Gasteiger partial charge in [-0.15, -0.1) is 0 Å². The summed E-state index contributed by atoms with van der Waals surface area (Å²) < 4.78 is 6.76. The number of hydrogen-bond acceptors (Lipinski definition) is 5. The van der Waals surface area contributed by atoms with Gasteiger partial charge in [0.25, 0.3) is 0 Å². The SMILES string of the molecule is Cc1ccc(C)c(NC(=O)C2N([C@@H](CO)Cc3ccccc3)C(=O)[C@@H]3[C@H](C(=O)NCc4ccccc4)[C@]4(C)CCC23O4)c1. The van der Waals surface area contributed by atoms with Crippen LogP contribution < -0.4 is 10.6 Å². The molecule has 43 heavy (non-hydrogen) atoms. The first kappa shape index (κ1) is 29.1. The Morgan fingerprint density at radius 1 is 0.977 bits per heavy atom. The van der Waals surface area contributed by atoms with Gasteiger partial charge in [0.05, 0.1) is 30.1 Å². The molecule has 224 valence electrons. The first-order valence-electron chi connectivity index (χ1n) is 15.0. The maximum absolute atomic E-state index is 14.6. The number of fused-ring (bicyclic) bond motifs is 1. The van der Waals surface area contributed by atoms with Crippen LogP contribution in [0.15, 0.2) is 78.9 Å². The topological polar surface area (TPSA) is 108 Å². The van der Waals surface area contributed by atoms with Crippen LogP contribution in [-0.2, 0) is 32.1 Å². The third kappa shape index (κ3) is 5.02. The number of likely N-dealkylation sites (tertiary alicyclic amines) is 1. The second kappa shape index (κ2) is 11.2. The van der Waals surface area contributed by atoms with E-state index >= 15 is 0 Å². The molecule has 3 aliphatic rings. The minimum absolute atomic E-state index is 0.259. The van der Waals surface area contributed by atoms with Crippen molar-refractivity contribution in [3.05, 3.63) is 101 Å². The molecule has 0 saturated carbocycles. The molecule has 3 saturated heterocycles. The highest BCUT2D eigenvalue weighted by atomic mass is 16.5. The molecule has 3 heterocycles. The van der Waals surface area contributed by atoms with Gasteiger partial charge in [0, 0.05) is 12.2 Å². The Kier molecular flexibility index (Phi) is 7.60. The number of carbonyl (C=O) groups excluding carboxylic acids is 3. The fourth-order valence-electron chi connectivity index (χ4n) is 7.56.